The Bertz CT molecular complexity index is 674. The molecule has 2 aromatic rings. The highest BCUT2D eigenvalue weighted by Gasteiger charge is 2.10. The highest BCUT2D eigenvalue weighted by Crippen LogP contribution is 2.20. The van der Waals surface area contributed by atoms with Crippen molar-refractivity contribution in [3.8, 4) is 12.3 Å². The molecule has 0 saturated carbocycles. The molecule has 3 nitrogen and oxygen atoms in total. The van der Waals surface area contributed by atoms with E-state index in [4.69, 9.17) is 23.8 Å². The van der Waals surface area contributed by atoms with Crippen molar-refractivity contribution in [1.82, 2.24) is 0 Å². The van der Waals surface area contributed by atoms with Gasteiger partial charge in [0.05, 0.1) is 10.6 Å². The molecule has 19 heavy (non-hydrogen) atoms. The number of nitrogens with two attached hydrogens (primary N) is 1. The van der Waals surface area contributed by atoms with Gasteiger partial charge in [-0.3, -0.25) is 4.79 Å². The van der Waals surface area contributed by atoms with Crippen LogP contribution in [-0.2, 0) is 0 Å². The summed E-state index contributed by atoms with van der Waals surface area (Å²) in [5.74, 6) is 2.20. The van der Waals surface area contributed by atoms with Gasteiger partial charge in [0, 0.05) is 16.9 Å². The number of benzene rings is 2. The van der Waals surface area contributed by atoms with Gasteiger partial charge in [0.25, 0.3) is 5.91 Å². The van der Waals surface area contributed by atoms with Crippen molar-refractivity contribution < 1.29 is 4.79 Å². The molecule has 0 spiro atoms. The number of hydrogen-bond donors (Lipinski definition) is 2. The van der Waals surface area contributed by atoms with Gasteiger partial charge in [-0.1, -0.05) is 23.6 Å². The first-order valence-electron chi connectivity index (χ1n) is 5.53. The summed E-state index contributed by atoms with van der Waals surface area (Å²) >= 11 is 5.98. The van der Waals surface area contributed by atoms with Gasteiger partial charge >= 0.3 is 0 Å². The molecule has 0 bridgehead atoms. The molecule has 4 heteroatoms. The van der Waals surface area contributed by atoms with Crippen LogP contribution in [0.4, 0.5) is 11.4 Å². The van der Waals surface area contributed by atoms with E-state index >= 15 is 0 Å². The lowest BCUT2D eigenvalue weighted by atomic mass is 10.1. The molecule has 0 fully saturated rings. The van der Waals surface area contributed by atoms with Gasteiger partial charge in [-0.25, -0.2) is 0 Å². The molecule has 0 radical (unpaired) electrons. The maximum absolute atomic E-state index is 12.1. The quantitative estimate of drug-likeness (QED) is 0.651. The Kier molecular flexibility index (Phi) is 3.74. The van der Waals surface area contributed by atoms with Gasteiger partial charge in [-0.2, -0.15) is 0 Å². The minimum Gasteiger partial charge on any atom is -0.399 e. The summed E-state index contributed by atoms with van der Waals surface area (Å²) in [6.07, 6.45) is 5.30. The summed E-state index contributed by atoms with van der Waals surface area (Å²) in [7, 11) is 0. The number of anilines is 2. The van der Waals surface area contributed by atoms with Crippen molar-refractivity contribution in [1.29, 1.82) is 0 Å². The Morgan fingerprint density at radius 3 is 2.74 bits per heavy atom. The number of terminal acetylenes is 1. The summed E-state index contributed by atoms with van der Waals surface area (Å²) in [4.78, 5) is 12.1. The van der Waals surface area contributed by atoms with E-state index in [9.17, 15) is 4.79 Å². The molecule has 3 N–H and O–H groups in total. The maximum Gasteiger partial charge on any atom is 0.257 e. The van der Waals surface area contributed by atoms with Crippen LogP contribution in [0.3, 0.4) is 0 Å². The summed E-state index contributed by atoms with van der Waals surface area (Å²) in [5, 5.41) is 3.04. The summed E-state index contributed by atoms with van der Waals surface area (Å²) in [5.41, 5.74) is 7.77. The van der Waals surface area contributed by atoms with Crippen LogP contribution in [0.2, 0.25) is 5.02 Å². The fourth-order valence-electron chi connectivity index (χ4n) is 1.60. The molecule has 0 atom stereocenters. The number of nitrogens with one attached hydrogen (secondary N) is 1. The predicted molar refractivity (Wildman–Crippen MR) is 78.2 cm³/mol. The molecule has 2 rings (SSSR count). The van der Waals surface area contributed by atoms with Crippen LogP contribution >= 0.6 is 11.6 Å². The van der Waals surface area contributed by atoms with Gasteiger partial charge in [-0.15, -0.1) is 6.42 Å². The molecule has 94 valence electrons. The van der Waals surface area contributed by atoms with Crippen molar-refractivity contribution in [2.24, 2.45) is 0 Å². The van der Waals surface area contributed by atoms with E-state index in [0.717, 1.165) is 0 Å². The molecule has 0 unspecified atom stereocenters. The minimum atomic E-state index is -0.306. The van der Waals surface area contributed by atoms with Crippen LogP contribution in [0.15, 0.2) is 42.5 Å². The van der Waals surface area contributed by atoms with Crippen LogP contribution in [0.1, 0.15) is 15.9 Å². The number of rotatable bonds is 2. The largest absolute Gasteiger partial charge is 0.399 e. The van der Waals surface area contributed by atoms with Crippen LogP contribution < -0.4 is 11.1 Å². The van der Waals surface area contributed by atoms with Crippen LogP contribution in [0.25, 0.3) is 0 Å². The number of carbonyl (C=O) groups is 1. The second-order valence-corrected chi connectivity index (χ2v) is 4.33. The number of carbonyl (C=O) groups excluding carboxylic acids is 1. The Labute approximate surface area is 116 Å². The standard InChI is InChI=1S/C15H11ClN2O/c1-2-10-4-3-5-12(8-10)18-15(19)13-7-6-11(17)9-14(13)16/h1,3-9H,17H2,(H,18,19). The van der Waals surface area contributed by atoms with E-state index in [1.165, 1.54) is 6.07 Å². The van der Waals surface area contributed by atoms with Gasteiger partial charge < -0.3 is 11.1 Å². The van der Waals surface area contributed by atoms with Crippen LogP contribution in [-0.4, -0.2) is 5.91 Å². The zero-order valence-electron chi connectivity index (χ0n) is 9.98. The molecule has 2 aromatic carbocycles. The lowest BCUT2D eigenvalue weighted by molar-refractivity contribution is 0.102. The number of nitrogen functional groups attached to an aromatic ring is 1. The molecular formula is C15H11ClN2O. The average molecular weight is 271 g/mol. The molecular weight excluding hydrogens is 260 g/mol. The average Bonchev–Trinajstić information content (AvgIpc) is 2.38. The van der Waals surface area contributed by atoms with Crippen molar-refractivity contribution in [2.75, 3.05) is 11.1 Å². The monoisotopic (exact) mass is 270 g/mol. The Morgan fingerprint density at radius 1 is 1.26 bits per heavy atom. The predicted octanol–water partition coefficient (Wildman–Crippen LogP) is 3.16. The molecule has 0 aliphatic rings. The Morgan fingerprint density at radius 2 is 2.05 bits per heavy atom. The fourth-order valence-corrected chi connectivity index (χ4v) is 1.88. The van der Waals surface area contributed by atoms with E-state index in [1.807, 2.05) is 0 Å². The summed E-state index contributed by atoms with van der Waals surface area (Å²) in [6.45, 7) is 0. The molecule has 0 aliphatic heterocycles. The third-order valence-corrected chi connectivity index (χ3v) is 2.84. The van der Waals surface area contributed by atoms with E-state index in [1.54, 1.807) is 36.4 Å². The van der Waals surface area contributed by atoms with Gasteiger partial charge in [0.1, 0.15) is 0 Å². The highest BCUT2D eigenvalue weighted by atomic mass is 35.5. The second-order valence-electron chi connectivity index (χ2n) is 3.92. The van der Waals surface area contributed by atoms with E-state index in [2.05, 4.69) is 11.2 Å². The zero-order chi connectivity index (χ0) is 13.8. The first kappa shape index (κ1) is 13.0. The summed E-state index contributed by atoms with van der Waals surface area (Å²) < 4.78 is 0. The number of amides is 1. The first-order chi connectivity index (χ1) is 9.10. The molecule has 0 aromatic heterocycles. The maximum atomic E-state index is 12.1. The first-order valence-corrected chi connectivity index (χ1v) is 5.91. The molecule has 1 amide bonds. The third kappa shape index (κ3) is 3.06. The van der Waals surface area contributed by atoms with Gasteiger partial charge in [0.15, 0.2) is 0 Å². The van der Waals surface area contributed by atoms with Crippen molar-refractivity contribution in [3.63, 3.8) is 0 Å². The lowest BCUT2D eigenvalue weighted by Gasteiger charge is -2.07. The van der Waals surface area contributed by atoms with Gasteiger partial charge in [-0.05, 0) is 36.4 Å². The smallest absolute Gasteiger partial charge is 0.257 e. The minimum absolute atomic E-state index is 0.306. The third-order valence-electron chi connectivity index (χ3n) is 2.52. The topological polar surface area (TPSA) is 55.1 Å². The zero-order valence-corrected chi connectivity index (χ0v) is 10.7. The molecule has 0 heterocycles. The van der Waals surface area contributed by atoms with Crippen molar-refractivity contribution >= 4 is 28.9 Å². The normalized spacial score (nSPS) is 9.68. The van der Waals surface area contributed by atoms with Crippen LogP contribution in [0, 0.1) is 12.3 Å². The van der Waals surface area contributed by atoms with E-state index < -0.39 is 0 Å². The number of hydrogen-bond acceptors (Lipinski definition) is 2. The Hall–Kier alpha value is -2.44. The number of halogens is 1. The highest BCUT2D eigenvalue weighted by molar-refractivity contribution is 6.34. The van der Waals surface area contributed by atoms with E-state index in [0.29, 0.717) is 27.5 Å². The fraction of sp³-hybridized carbons (Fsp3) is 0. The molecule has 0 aliphatic carbocycles. The van der Waals surface area contributed by atoms with Crippen LogP contribution in [0.5, 0.6) is 0 Å². The lowest BCUT2D eigenvalue weighted by Crippen LogP contribution is -2.12. The van der Waals surface area contributed by atoms with E-state index in [-0.39, 0.29) is 5.91 Å². The van der Waals surface area contributed by atoms with Gasteiger partial charge in [0.2, 0.25) is 0 Å². The summed E-state index contributed by atoms with van der Waals surface area (Å²) in [6, 6.07) is 11.8. The SMILES string of the molecule is C#Cc1cccc(NC(=O)c2ccc(N)cc2Cl)c1. The van der Waals surface area contributed by atoms with Crippen molar-refractivity contribution in [2.45, 2.75) is 0 Å². The second kappa shape index (κ2) is 5.47. The van der Waals surface area contributed by atoms with Crippen molar-refractivity contribution in [3.05, 3.63) is 58.6 Å². The Balaban J connectivity index is 2.23. The molecule has 0 saturated heterocycles.